The van der Waals surface area contributed by atoms with Crippen molar-refractivity contribution in [1.82, 2.24) is 29.5 Å². The second-order valence-corrected chi connectivity index (χ2v) is 5.31. The molecule has 0 saturated heterocycles. The van der Waals surface area contributed by atoms with Crippen LogP contribution in [0.25, 0.3) is 5.65 Å². The Morgan fingerprint density at radius 3 is 2.76 bits per heavy atom. The van der Waals surface area contributed by atoms with E-state index in [0.717, 1.165) is 41.4 Å². The van der Waals surface area contributed by atoms with Crippen LogP contribution in [0.2, 0.25) is 0 Å². The molecule has 0 aliphatic heterocycles. The highest BCUT2D eigenvalue weighted by Gasteiger charge is 2.11. The summed E-state index contributed by atoms with van der Waals surface area (Å²) in [5.74, 6) is 0. The fourth-order valence-corrected chi connectivity index (χ4v) is 2.46. The Kier molecular flexibility index (Phi) is 3.62. The molecule has 3 rings (SSSR count). The van der Waals surface area contributed by atoms with E-state index in [1.807, 2.05) is 30.6 Å². The molecule has 3 aromatic heterocycles. The molecule has 0 atom stereocenters. The van der Waals surface area contributed by atoms with E-state index in [1.54, 1.807) is 18.6 Å². The SMILES string of the molecule is Cc1cc(C)n2ncc(CN(C)Cc3cnccn3)c2n1. The summed E-state index contributed by atoms with van der Waals surface area (Å²) in [7, 11) is 2.06. The highest BCUT2D eigenvalue weighted by Crippen LogP contribution is 2.14. The van der Waals surface area contributed by atoms with Crippen molar-refractivity contribution in [2.75, 3.05) is 7.05 Å². The summed E-state index contributed by atoms with van der Waals surface area (Å²) in [6.45, 7) is 5.57. The number of nitrogens with zero attached hydrogens (tertiary/aromatic N) is 6. The minimum atomic E-state index is 0.746. The van der Waals surface area contributed by atoms with E-state index in [1.165, 1.54) is 0 Å². The molecule has 0 aliphatic rings. The number of aryl methyl sites for hydroxylation is 2. The van der Waals surface area contributed by atoms with Gasteiger partial charge in [-0.15, -0.1) is 0 Å². The monoisotopic (exact) mass is 282 g/mol. The van der Waals surface area contributed by atoms with Crippen molar-refractivity contribution in [3.8, 4) is 0 Å². The van der Waals surface area contributed by atoms with Gasteiger partial charge in [-0.3, -0.25) is 14.9 Å². The zero-order valence-electron chi connectivity index (χ0n) is 12.5. The van der Waals surface area contributed by atoms with Crippen molar-refractivity contribution < 1.29 is 0 Å². The Bertz CT molecular complexity index is 749. The van der Waals surface area contributed by atoms with Crippen molar-refractivity contribution in [2.24, 2.45) is 0 Å². The molecule has 0 aliphatic carbocycles. The highest BCUT2D eigenvalue weighted by atomic mass is 15.3. The van der Waals surface area contributed by atoms with Crippen LogP contribution in [0.1, 0.15) is 22.6 Å². The van der Waals surface area contributed by atoms with E-state index in [9.17, 15) is 0 Å². The lowest BCUT2D eigenvalue weighted by Crippen LogP contribution is -2.18. The highest BCUT2D eigenvalue weighted by molar-refractivity contribution is 5.47. The molecule has 21 heavy (non-hydrogen) atoms. The standard InChI is InChI=1S/C15H18N6/c1-11-6-12(2)21-15(19-11)13(7-18-21)9-20(3)10-14-8-16-4-5-17-14/h4-8H,9-10H2,1-3H3. The van der Waals surface area contributed by atoms with Crippen LogP contribution in [0.15, 0.2) is 30.9 Å². The van der Waals surface area contributed by atoms with Crippen LogP contribution in [-0.2, 0) is 13.1 Å². The number of hydrogen-bond donors (Lipinski definition) is 0. The number of hydrogen-bond acceptors (Lipinski definition) is 5. The third-order valence-electron chi connectivity index (χ3n) is 3.34. The molecule has 6 heteroatoms. The predicted octanol–water partition coefficient (Wildman–Crippen LogP) is 1.77. The van der Waals surface area contributed by atoms with Crippen molar-refractivity contribution in [3.63, 3.8) is 0 Å². The van der Waals surface area contributed by atoms with Gasteiger partial charge in [0, 0.05) is 48.6 Å². The molecule has 0 radical (unpaired) electrons. The summed E-state index contributed by atoms with van der Waals surface area (Å²) in [5, 5.41) is 4.42. The first kappa shape index (κ1) is 13.6. The molecule has 0 aromatic carbocycles. The molecule has 3 aromatic rings. The van der Waals surface area contributed by atoms with Gasteiger partial charge in [-0.1, -0.05) is 0 Å². The first-order chi connectivity index (χ1) is 10.1. The molecule has 0 unspecified atom stereocenters. The average Bonchev–Trinajstić information content (AvgIpc) is 2.83. The van der Waals surface area contributed by atoms with Crippen LogP contribution in [0.5, 0.6) is 0 Å². The topological polar surface area (TPSA) is 59.2 Å². The molecule has 0 spiro atoms. The van der Waals surface area contributed by atoms with Crippen molar-refractivity contribution in [3.05, 3.63) is 53.5 Å². The Balaban J connectivity index is 1.82. The minimum Gasteiger partial charge on any atom is -0.296 e. The van der Waals surface area contributed by atoms with Gasteiger partial charge in [0.2, 0.25) is 0 Å². The second kappa shape index (κ2) is 5.57. The summed E-state index contributed by atoms with van der Waals surface area (Å²) >= 11 is 0. The van der Waals surface area contributed by atoms with E-state index in [0.29, 0.717) is 0 Å². The molecular weight excluding hydrogens is 264 g/mol. The van der Waals surface area contributed by atoms with Gasteiger partial charge in [0.1, 0.15) is 0 Å². The average molecular weight is 282 g/mol. The van der Waals surface area contributed by atoms with Crippen molar-refractivity contribution in [1.29, 1.82) is 0 Å². The smallest absolute Gasteiger partial charge is 0.159 e. The van der Waals surface area contributed by atoms with E-state index in [4.69, 9.17) is 0 Å². The van der Waals surface area contributed by atoms with E-state index in [2.05, 4.69) is 32.0 Å². The van der Waals surface area contributed by atoms with Crippen LogP contribution in [0.3, 0.4) is 0 Å². The zero-order valence-corrected chi connectivity index (χ0v) is 12.5. The summed E-state index contributed by atoms with van der Waals surface area (Å²) in [6, 6.07) is 2.03. The van der Waals surface area contributed by atoms with Crippen LogP contribution in [0.4, 0.5) is 0 Å². The maximum Gasteiger partial charge on any atom is 0.159 e. The van der Waals surface area contributed by atoms with Gasteiger partial charge in [0.25, 0.3) is 0 Å². The molecule has 0 bridgehead atoms. The van der Waals surface area contributed by atoms with Gasteiger partial charge in [0.15, 0.2) is 5.65 Å². The summed E-state index contributed by atoms with van der Waals surface area (Å²) in [5.41, 5.74) is 5.11. The van der Waals surface area contributed by atoms with Gasteiger partial charge >= 0.3 is 0 Å². The first-order valence-corrected chi connectivity index (χ1v) is 6.88. The third-order valence-corrected chi connectivity index (χ3v) is 3.34. The molecule has 0 fully saturated rings. The Morgan fingerprint density at radius 2 is 2.00 bits per heavy atom. The lowest BCUT2D eigenvalue weighted by atomic mass is 10.3. The Hall–Kier alpha value is -2.34. The van der Waals surface area contributed by atoms with E-state index in [-0.39, 0.29) is 0 Å². The minimum absolute atomic E-state index is 0.746. The fourth-order valence-electron chi connectivity index (χ4n) is 2.46. The third kappa shape index (κ3) is 2.90. The lowest BCUT2D eigenvalue weighted by molar-refractivity contribution is 0.315. The number of fused-ring (bicyclic) bond motifs is 1. The second-order valence-electron chi connectivity index (χ2n) is 5.31. The Labute approximate surface area is 123 Å². The van der Waals surface area contributed by atoms with Gasteiger partial charge in [0.05, 0.1) is 11.9 Å². The lowest BCUT2D eigenvalue weighted by Gasteiger charge is -2.15. The summed E-state index contributed by atoms with van der Waals surface area (Å²) < 4.78 is 1.89. The first-order valence-electron chi connectivity index (χ1n) is 6.88. The molecule has 108 valence electrons. The summed E-state index contributed by atoms with van der Waals surface area (Å²) in [4.78, 5) is 15.2. The van der Waals surface area contributed by atoms with Crippen molar-refractivity contribution >= 4 is 5.65 Å². The molecular formula is C15H18N6. The summed E-state index contributed by atoms with van der Waals surface area (Å²) in [6.07, 6.45) is 7.08. The maximum absolute atomic E-state index is 4.60. The van der Waals surface area contributed by atoms with Crippen LogP contribution < -0.4 is 0 Å². The van der Waals surface area contributed by atoms with Crippen LogP contribution in [0, 0.1) is 13.8 Å². The fraction of sp³-hybridized carbons (Fsp3) is 0.333. The maximum atomic E-state index is 4.60. The van der Waals surface area contributed by atoms with Gasteiger partial charge < -0.3 is 0 Å². The molecule has 6 nitrogen and oxygen atoms in total. The largest absolute Gasteiger partial charge is 0.296 e. The van der Waals surface area contributed by atoms with Crippen molar-refractivity contribution in [2.45, 2.75) is 26.9 Å². The Morgan fingerprint density at radius 1 is 1.14 bits per heavy atom. The molecule has 0 amide bonds. The zero-order chi connectivity index (χ0) is 14.8. The van der Waals surface area contributed by atoms with Gasteiger partial charge in [-0.25, -0.2) is 9.50 Å². The number of rotatable bonds is 4. The van der Waals surface area contributed by atoms with E-state index < -0.39 is 0 Å². The van der Waals surface area contributed by atoms with Gasteiger partial charge in [-0.05, 0) is 27.0 Å². The van der Waals surface area contributed by atoms with Crippen LogP contribution >= 0.6 is 0 Å². The molecule has 0 N–H and O–H groups in total. The number of aromatic nitrogens is 5. The molecule has 3 heterocycles. The van der Waals surface area contributed by atoms with Crippen LogP contribution in [-0.4, -0.2) is 36.5 Å². The molecule has 0 saturated carbocycles. The predicted molar refractivity (Wildman–Crippen MR) is 79.7 cm³/mol. The van der Waals surface area contributed by atoms with E-state index >= 15 is 0 Å². The van der Waals surface area contributed by atoms with Gasteiger partial charge in [-0.2, -0.15) is 5.10 Å². The normalized spacial score (nSPS) is 11.4. The quantitative estimate of drug-likeness (QED) is 0.730.